The quantitative estimate of drug-likeness (QED) is 0.694. The molecule has 0 saturated carbocycles. The van der Waals surface area contributed by atoms with Crippen molar-refractivity contribution >= 4 is 5.97 Å². The van der Waals surface area contributed by atoms with E-state index in [0.29, 0.717) is 0 Å². The van der Waals surface area contributed by atoms with E-state index >= 15 is 0 Å². The maximum atomic E-state index is 11.3. The normalized spacial score (nSPS) is 23.5. The van der Waals surface area contributed by atoms with Crippen molar-refractivity contribution in [3.63, 3.8) is 0 Å². The first kappa shape index (κ1) is 12.5. The molecule has 0 amide bonds. The van der Waals surface area contributed by atoms with Gasteiger partial charge in [-0.1, -0.05) is 6.92 Å². The predicted molar refractivity (Wildman–Crippen MR) is 59.7 cm³/mol. The average molecular weight is 214 g/mol. The molecular formula is C11H22N2O2. The van der Waals surface area contributed by atoms with Crippen LogP contribution >= 0.6 is 0 Å². The van der Waals surface area contributed by atoms with Gasteiger partial charge in [0.15, 0.2) is 0 Å². The molecule has 1 unspecified atom stereocenters. The van der Waals surface area contributed by atoms with Crippen molar-refractivity contribution in [2.75, 3.05) is 33.3 Å². The van der Waals surface area contributed by atoms with E-state index in [9.17, 15) is 4.79 Å². The molecule has 0 aromatic heterocycles. The molecule has 4 heteroatoms. The summed E-state index contributed by atoms with van der Waals surface area (Å²) in [6, 6.07) is 0. The Morgan fingerprint density at radius 1 is 1.60 bits per heavy atom. The predicted octanol–water partition coefficient (Wildman–Crippen LogP) is 0.479. The number of nitrogens with one attached hydrogen (secondary N) is 1. The van der Waals surface area contributed by atoms with E-state index in [1.54, 1.807) is 0 Å². The molecule has 1 aliphatic heterocycles. The number of hydrogen-bond donors (Lipinski definition) is 1. The first-order valence-electron chi connectivity index (χ1n) is 5.51. The van der Waals surface area contributed by atoms with Gasteiger partial charge in [-0.3, -0.25) is 9.69 Å². The Labute approximate surface area is 92.0 Å². The Morgan fingerprint density at radius 2 is 2.27 bits per heavy atom. The number of nitrogens with zero attached hydrogens (tertiary/aromatic N) is 1. The zero-order valence-corrected chi connectivity index (χ0v) is 10.2. The Bertz CT molecular complexity index is 229. The van der Waals surface area contributed by atoms with Gasteiger partial charge in [0, 0.05) is 31.7 Å². The van der Waals surface area contributed by atoms with Crippen molar-refractivity contribution in [2.24, 2.45) is 5.92 Å². The lowest BCUT2D eigenvalue weighted by atomic mass is 9.98. The lowest BCUT2D eigenvalue weighted by Crippen LogP contribution is -2.59. The zero-order chi connectivity index (χ0) is 11.5. The molecule has 0 radical (unpaired) electrons. The van der Waals surface area contributed by atoms with Gasteiger partial charge in [-0.25, -0.2) is 0 Å². The minimum Gasteiger partial charge on any atom is -0.469 e. The van der Waals surface area contributed by atoms with Crippen LogP contribution in [0, 0.1) is 5.92 Å². The highest BCUT2D eigenvalue weighted by molar-refractivity contribution is 5.72. The van der Waals surface area contributed by atoms with Crippen LogP contribution in [0.5, 0.6) is 0 Å². The molecule has 1 saturated heterocycles. The highest BCUT2D eigenvalue weighted by atomic mass is 16.5. The largest absolute Gasteiger partial charge is 0.469 e. The van der Waals surface area contributed by atoms with Crippen molar-refractivity contribution < 1.29 is 9.53 Å². The summed E-state index contributed by atoms with van der Waals surface area (Å²) in [6.45, 7) is 10.1. The van der Waals surface area contributed by atoms with Crippen LogP contribution in [0.1, 0.15) is 20.8 Å². The third kappa shape index (κ3) is 3.18. The molecule has 0 spiro atoms. The number of rotatable bonds is 3. The number of ether oxygens (including phenoxy) is 1. The first-order valence-corrected chi connectivity index (χ1v) is 5.51. The fourth-order valence-corrected chi connectivity index (χ4v) is 1.97. The van der Waals surface area contributed by atoms with Crippen LogP contribution in [0.15, 0.2) is 0 Å². The van der Waals surface area contributed by atoms with Crippen LogP contribution in [0.2, 0.25) is 0 Å². The number of piperazine rings is 1. The smallest absolute Gasteiger partial charge is 0.309 e. The van der Waals surface area contributed by atoms with Gasteiger partial charge in [-0.15, -0.1) is 0 Å². The molecule has 1 rings (SSSR count). The standard InChI is InChI=1S/C11H22N2O2/c1-9(10(14)15-4)7-13-6-5-12-8-11(13,2)3/h9,12H,5-8H2,1-4H3. The van der Waals surface area contributed by atoms with Gasteiger partial charge >= 0.3 is 5.97 Å². The lowest BCUT2D eigenvalue weighted by Gasteiger charge is -2.43. The van der Waals surface area contributed by atoms with E-state index in [2.05, 4.69) is 24.1 Å². The van der Waals surface area contributed by atoms with Crippen LogP contribution in [-0.4, -0.2) is 49.7 Å². The molecule has 0 aromatic rings. The van der Waals surface area contributed by atoms with Crippen LogP contribution in [0.3, 0.4) is 0 Å². The molecule has 15 heavy (non-hydrogen) atoms. The van der Waals surface area contributed by atoms with E-state index in [1.165, 1.54) is 7.11 Å². The van der Waals surface area contributed by atoms with Crippen LogP contribution < -0.4 is 5.32 Å². The summed E-state index contributed by atoms with van der Waals surface area (Å²) in [6.07, 6.45) is 0. The van der Waals surface area contributed by atoms with Gasteiger partial charge < -0.3 is 10.1 Å². The number of methoxy groups -OCH3 is 1. The molecule has 0 aliphatic carbocycles. The Balaban J connectivity index is 2.52. The molecule has 1 aliphatic rings. The highest BCUT2D eigenvalue weighted by Gasteiger charge is 2.31. The molecule has 0 aromatic carbocycles. The number of carbonyl (C=O) groups excluding carboxylic acids is 1. The summed E-state index contributed by atoms with van der Waals surface area (Å²) in [5.74, 6) is -0.170. The summed E-state index contributed by atoms with van der Waals surface area (Å²) in [5, 5.41) is 3.36. The van der Waals surface area contributed by atoms with E-state index in [1.807, 2.05) is 6.92 Å². The van der Waals surface area contributed by atoms with Crippen LogP contribution in [0.25, 0.3) is 0 Å². The molecular weight excluding hydrogens is 192 g/mol. The second-order valence-electron chi connectivity index (χ2n) is 4.86. The third-order valence-corrected chi connectivity index (χ3v) is 3.07. The average Bonchev–Trinajstić information content (AvgIpc) is 2.19. The summed E-state index contributed by atoms with van der Waals surface area (Å²) in [5.41, 5.74) is 0.126. The van der Waals surface area contributed by atoms with Crippen molar-refractivity contribution in [2.45, 2.75) is 26.3 Å². The number of hydrogen-bond acceptors (Lipinski definition) is 4. The Hall–Kier alpha value is -0.610. The second-order valence-corrected chi connectivity index (χ2v) is 4.86. The van der Waals surface area contributed by atoms with Gasteiger partial charge in [0.1, 0.15) is 0 Å². The van der Waals surface area contributed by atoms with Gasteiger partial charge in [0.2, 0.25) is 0 Å². The Kier molecular flexibility index (Phi) is 4.11. The van der Waals surface area contributed by atoms with E-state index in [0.717, 1.165) is 26.2 Å². The lowest BCUT2D eigenvalue weighted by molar-refractivity contribution is -0.146. The Morgan fingerprint density at radius 3 is 2.80 bits per heavy atom. The van der Waals surface area contributed by atoms with Gasteiger partial charge in [0.25, 0.3) is 0 Å². The van der Waals surface area contributed by atoms with Crippen LogP contribution in [0.4, 0.5) is 0 Å². The minimum absolute atomic E-state index is 0.0487. The zero-order valence-electron chi connectivity index (χ0n) is 10.2. The molecule has 88 valence electrons. The third-order valence-electron chi connectivity index (χ3n) is 3.07. The van der Waals surface area contributed by atoms with Crippen molar-refractivity contribution in [3.8, 4) is 0 Å². The number of esters is 1. The molecule has 0 bridgehead atoms. The monoisotopic (exact) mass is 214 g/mol. The summed E-state index contributed by atoms with van der Waals surface area (Å²) in [4.78, 5) is 13.7. The van der Waals surface area contributed by atoms with E-state index < -0.39 is 0 Å². The molecule has 4 nitrogen and oxygen atoms in total. The highest BCUT2D eigenvalue weighted by Crippen LogP contribution is 2.18. The molecule has 1 N–H and O–H groups in total. The van der Waals surface area contributed by atoms with Crippen molar-refractivity contribution in [1.29, 1.82) is 0 Å². The fraction of sp³-hybridized carbons (Fsp3) is 0.909. The van der Waals surface area contributed by atoms with Gasteiger partial charge in [-0.05, 0) is 13.8 Å². The molecule has 1 heterocycles. The van der Waals surface area contributed by atoms with E-state index in [-0.39, 0.29) is 17.4 Å². The van der Waals surface area contributed by atoms with Gasteiger partial charge in [0.05, 0.1) is 13.0 Å². The van der Waals surface area contributed by atoms with E-state index in [4.69, 9.17) is 4.74 Å². The SMILES string of the molecule is COC(=O)C(C)CN1CCNCC1(C)C. The van der Waals surface area contributed by atoms with Crippen LogP contribution in [-0.2, 0) is 9.53 Å². The summed E-state index contributed by atoms with van der Waals surface area (Å²) in [7, 11) is 1.45. The minimum atomic E-state index is -0.121. The summed E-state index contributed by atoms with van der Waals surface area (Å²) >= 11 is 0. The van der Waals surface area contributed by atoms with Gasteiger partial charge in [-0.2, -0.15) is 0 Å². The topological polar surface area (TPSA) is 41.6 Å². The molecule has 1 fully saturated rings. The fourth-order valence-electron chi connectivity index (χ4n) is 1.97. The maximum absolute atomic E-state index is 11.3. The maximum Gasteiger partial charge on any atom is 0.309 e. The van der Waals surface area contributed by atoms with Crippen molar-refractivity contribution in [1.82, 2.24) is 10.2 Å². The van der Waals surface area contributed by atoms with Crippen molar-refractivity contribution in [3.05, 3.63) is 0 Å². The number of carbonyl (C=O) groups is 1. The summed E-state index contributed by atoms with van der Waals surface area (Å²) < 4.78 is 4.74. The second kappa shape index (κ2) is 4.94. The first-order chi connectivity index (χ1) is 6.97. The molecule has 1 atom stereocenters.